The molecule has 1 N–H and O–H groups in total. The van der Waals surface area contributed by atoms with Gasteiger partial charge in [-0.3, -0.25) is 4.79 Å². The highest BCUT2D eigenvalue weighted by Crippen LogP contribution is 2.40. The van der Waals surface area contributed by atoms with Gasteiger partial charge in [-0.15, -0.1) is 11.6 Å². The average molecular weight is 582 g/mol. The third-order valence-electron chi connectivity index (χ3n) is 5.54. The van der Waals surface area contributed by atoms with Gasteiger partial charge < -0.3 is 19.3 Å². The van der Waals surface area contributed by atoms with Crippen molar-refractivity contribution < 1.29 is 32.5 Å². The highest BCUT2D eigenvalue weighted by atomic mass is 35.5. The Kier molecular flexibility index (Phi) is 11.2. The van der Waals surface area contributed by atoms with Crippen molar-refractivity contribution in [3.63, 3.8) is 0 Å². The summed E-state index contributed by atoms with van der Waals surface area (Å²) in [5.41, 5.74) is 1.30. The van der Waals surface area contributed by atoms with Gasteiger partial charge in [-0.25, -0.2) is 8.42 Å². The first-order chi connectivity index (χ1) is 16.8. The van der Waals surface area contributed by atoms with E-state index < -0.39 is 33.4 Å². The number of sulfone groups is 1. The lowest BCUT2D eigenvalue weighted by Crippen LogP contribution is -2.32. The van der Waals surface area contributed by atoms with E-state index in [1.54, 1.807) is 24.3 Å². The van der Waals surface area contributed by atoms with Crippen molar-refractivity contribution in [3.05, 3.63) is 57.6 Å². The van der Waals surface area contributed by atoms with Gasteiger partial charge in [-0.2, -0.15) is 0 Å². The SMILES string of the molecule is CCS(=O)(=O)C[C@@H](COc1ccc(C(C)(C)c2cc(Cl)c(OC[C@H](O)CCl)c(Cl)c2)cc1)OC(C)=O. The molecule has 0 unspecified atom stereocenters. The summed E-state index contributed by atoms with van der Waals surface area (Å²) in [5.74, 6) is -0.124. The molecule has 0 amide bonds. The third kappa shape index (κ3) is 8.70. The molecule has 11 heteroatoms. The van der Waals surface area contributed by atoms with Gasteiger partial charge in [0.05, 0.1) is 21.7 Å². The standard InChI is InChI=1S/C25H31Cl3O7S/c1-5-36(31,32)15-21(35-16(2)29)14-33-20-8-6-17(7-9-20)25(3,4)18-10-22(27)24(23(28)11-18)34-13-19(30)12-26/h6-11,19,21,30H,5,12-15H2,1-4H3/t19-,21-/m1/s1. The quantitative estimate of drug-likeness (QED) is 0.261. The number of aliphatic hydroxyl groups excluding tert-OH is 1. The summed E-state index contributed by atoms with van der Waals surface area (Å²) in [7, 11) is -3.35. The molecule has 0 heterocycles. The number of alkyl halides is 1. The number of hydrogen-bond donors (Lipinski definition) is 1. The first-order valence-electron chi connectivity index (χ1n) is 11.3. The molecule has 200 valence electrons. The molecule has 0 spiro atoms. The number of halogens is 3. The second-order valence-electron chi connectivity index (χ2n) is 8.78. The summed E-state index contributed by atoms with van der Waals surface area (Å²) in [5, 5.41) is 10.2. The Bertz CT molecular complexity index is 1110. The van der Waals surface area contributed by atoms with Gasteiger partial charge in [0, 0.05) is 18.1 Å². The summed E-state index contributed by atoms with van der Waals surface area (Å²) in [6.07, 6.45) is -1.74. The Morgan fingerprint density at radius 2 is 1.61 bits per heavy atom. The first-order valence-corrected chi connectivity index (χ1v) is 14.4. The summed E-state index contributed by atoms with van der Waals surface area (Å²) in [6, 6.07) is 10.8. The second-order valence-corrected chi connectivity index (χ2v) is 12.3. The van der Waals surface area contributed by atoms with Crippen molar-refractivity contribution in [2.24, 2.45) is 0 Å². The largest absolute Gasteiger partial charge is 0.490 e. The maximum Gasteiger partial charge on any atom is 0.303 e. The molecule has 2 aromatic rings. The van der Waals surface area contributed by atoms with E-state index in [1.807, 2.05) is 26.0 Å². The van der Waals surface area contributed by atoms with E-state index in [9.17, 15) is 18.3 Å². The van der Waals surface area contributed by atoms with E-state index in [-0.39, 0.29) is 36.3 Å². The van der Waals surface area contributed by atoms with Crippen LogP contribution in [-0.2, 0) is 24.8 Å². The van der Waals surface area contributed by atoms with Gasteiger partial charge in [0.25, 0.3) is 0 Å². The van der Waals surface area contributed by atoms with Gasteiger partial charge in [0.1, 0.15) is 31.2 Å². The lowest BCUT2D eigenvalue weighted by atomic mass is 9.78. The van der Waals surface area contributed by atoms with Crippen molar-refractivity contribution in [2.75, 3.05) is 30.6 Å². The van der Waals surface area contributed by atoms with Crippen LogP contribution < -0.4 is 9.47 Å². The molecule has 0 saturated heterocycles. The van der Waals surface area contributed by atoms with E-state index >= 15 is 0 Å². The topological polar surface area (TPSA) is 99.1 Å². The summed E-state index contributed by atoms with van der Waals surface area (Å²) in [4.78, 5) is 11.4. The summed E-state index contributed by atoms with van der Waals surface area (Å²) in [6.45, 7) is 6.66. The highest BCUT2D eigenvalue weighted by molar-refractivity contribution is 7.91. The van der Waals surface area contributed by atoms with Crippen molar-refractivity contribution in [1.29, 1.82) is 0 Å². The summed E-state index contributed by atoms with van der Waals surface area (Å²) < 4.78 is 40.3. The van der Waals surface area contributed by atoms with Crippen LogP contribution in [0.3, 0.4) is 0 Å². The molecule has 0 aliphatic rings. The Morgan fingerprint density at radius 3 is 2.11 bits per heavy atom. The van der Waals surface area contributed by atoms with E-state index in [2.05, 4.69) is 0 Å². The number of carbonyl (C=O) groups excluding carboxylic acids is 1. The molecular formula is C25H31Cl3O7S. The fourth-order valence-electron chi connectivity index (χ4n) is 3.36. The molecule has 2 aromatic carbocycles. The number of carbonyl (C=O) groups is 1. The Balaban J connectivity index is 2.16. The number of ether oxygens (including phenoxy) is 3. The van der Waals surface area contributed by atoms with Crippen LogP contribution in [0.4, 0.5) is 0 Å². The molecule has 0 bridgehead atoms. The Labute approximate surface area is 227 Å². The van der Waals surface area contributed by atoms with Crippen LogP contribution in [0.25, 0.3) is 0 Å². The minimum absolute atomic E-state index is 0.0301. The first kappa shape index (κ1) is 30.5. The number of rotatable bonds is 13. The number of hydrogen-bond acceptors (Lipinski definition) is 7. The van der Waals surface area contributed by atoms with Gasteiger partial charge in [0.15, 0.2) is 15.6 Å². The zero-order valence-electron chi connectivity index (χ0n) is 20.6. The maximum absolute atomic E-state index is 12.0. The van der Waals surface area contributed by atoms with Crippen LogP contribution in [0.15, 0.2) is 36.4 Å². The van der Waals surface area contributed by atoms with Gasteiger partial charge in [0.2, 0.25) is 0 Å². The molecule has 2 rings (SSSR count). The van der Waals surface area contributed by atoms with Crippen LogP contribution in [-0.4, -0.2) is 62.3 Å². The minimum Gasteiger partial charge on any atom is -0.490 e. The van der Waals surface area contributed by atoms with Crippen LogP contribution in [0, 0.1) is 0 Å². The van der Waals surface area contributed by atoms with Crippen molar-refractivity contribution in [1.82, 2.24) is 0 Å². The highest BCUT2D eigenvalue weighted by Gasteiger charge is 2.26. The van der Waals surface area contributed by atoms with Crippen LogP contribution in [0.2, 0.25) is 10.0 Å². The van der Waals surface area contributed by atoms with Gasteiger partial charge in [-0.05, 0) is 35.4 Å². The smallest absolute Gasteiger partial charge is 0.303 e. The van der Waals surface area contributed by atoms with Crippen molar-refractivity contribution in [3.8, 4) is 11.5 Å². The van der Waals surface area contributed by atoms with Crippen LogP contribution in [0.1, 0.15) is 38.8 Å². The van der Waals surface area contributed by atoms with Gasteiger partial charge in [-0.1, -0.05) is 56.1 Å². The normalized spacial score (nSPS) is 13.7. The predicted molar refractivity (Wildman–Crippen MR) is 143 cm³/mol. The molecule has 0 aliphatic heterocycles. The minimum atomic E-state index is -3.35. The molecule has 2 atom stereocenters. The molecule has 7 nitrogen and oxygen atoms in total. The number of aliphatic hydroxyl groups is 1. The van der Waals surface area contributed by atoms with E-state index in [0.29, 0.717) is 15.8 Å². The van der Waals surface area contributed by atoms with E-state index in [1.165, 1.54) is 13.8 Å². The van der Waals surface area contributed by atoms with Gasteiger partial charge >= 0.3 is 5.97 Å². The monoisotopic (exact) mass is 580 g/mol. The zero-order valence-corrected chi connectivity index (χ0v) is 23.7. The molecular weight excluding hydrogens is 551 g/mol. The molecule has 0 saturated carbocycles. The predicted octanol–water partition coefficient (Wildman–Crippen LogP) is 5.04. The number of esters is 1. The molecule has 0 aromatic heterocycles. The Morgan fingerprint density at radius 1 is 1.03 bits per heavy atom. The second kappa shape index (κ2) is 13.2. The van der Waals surface area contributed by atoms with Crippen molar-refractivity contribution in [2.45, 2.75) is 45.3 Å². The van der Waals surface area contributed by atoms with Crippen LogP contribution in [0.5, 0.6) is 11.5 Å². The number of benzene rings is 2. The molecule has 0 fully saturated rings. The lowest BCUT2D eigenvalue weighted by molar-refractivity contribution is -0.146. The van der Waals surface area contributed by atoms with E-state index in [4.69, 9.17) is 49.0 Å². The fourth-order valence-corrected chi connectivity index (χ4v) is 5.01. The molecule has 0 radical (unpaired) electrons. The van der Waals surface area contributed by atoms with Crippen LogP contribution >= 0.6 is 34.8 Å². The Hall–Kier alpha value is -1.71. The van der Waals surface area contributed by atoms with E-state index in [0.717, 1.165) is 11.1 Å². The lowest BCUT2D eigenvalue weighted by Gasteiger charge is -2.27. The average Bonchev–Trinajstić information content (AvgIpc) is 2.81. The zero-order chi connectivity index (χ0) is 27.1. The molecule has 0 aliphatic carbocycles. The molecule has 36 heavy (non-hydrogen) atoms. The maximum atomic E-state index is 12.0. The third-order valence-corrected chi connectivity index (χ3v) is 8.22. The summed E-state index contributed by atoms with van der Waals surface area (Å²) >= 11 is 18.4. The van der Waals surface area contributed by atoms with Crippen molar-refractivity contribution >= 4 is 50.6 Å². The fraction of sp³-hybridized carbons (Fsp3) is 0.480.